The third kappa shape index (κ3) is 23.7. The van der Waals surface area contributed by atoms with Crippen LogP contribution in [0.3, 0.4) is 0 Å². The molecule has 0 fully saturated rings. The first kappa shape index (κ1) is 26.8. The molecule has 0 atom stereocenters. The molecule has 0 aromatic carbocycles. The molecule has 0 heterocycles. The lowest BCUT2D eigenvalue weighted by Crippen LogP contribution is -2.03. The summed E-state index contributed by atoms with van der Waals surface area (Å²) in [4.78, 5) is 11.9. The third-order valence-corrected chi connectivity index (χ3v) is 5.92. The first-order chi connectivity index (χ1) is 13.0. The van der Waals surface area contributed by atoms with Crippen LogP contribution in [-0.4, -0.2) is 10.9 Å². The van der Waals surface area contributed by atoms with Crippen molar-refractivity contribution < 1.29 is 4.79 Å². The number of carbonyl (C=O) groups excluding carboxylic acids is 1. The second-order valence-electron chi connectivity index (χ2n) is 9.25. The molecule has 0 aliphatic rings. The standard InChI is InChI=1S/C25H48OS/c1-5-6-7-8-9-10-11-12-13-17-20-23-27-24(26)21-18-15-14-16-19-22-25(2,3)4/h17,20H,5-16,18-19,21-23H2,1-4H3/b20-17-. The smallest absolute Gasteiger partial charge is 0.189 e. The Hall–Kier alpha value is -0.240. The molecule has 0 N–H and O–H groups in total. The second-order valence-corrected chi connectivity index (χ2v) is 10.3. The molecule has 0 radical (unpaired) electrons. The van der Waals surface area contributed by atoms with Crippen LogP contribution in [0, 0.1) is 5.41 Å². The zero-order valence-corrected chi connectivity index (χ0v) is 19.8. The SMILES string of the molecule is CCCCCCCCCC/C=C\CSC(=O)CCCCCCCC(C)(C)C. The van der Waals surface area contributed by atoms with E-state index in [4.69, 9.17) is 0 Å². The molecule has 0 bridgehead atoms. The van der Waals surface area contributed by atoms with E-state index in [2.05, 4.69) is 39.8 Å². The van der Waals surface area contributed by atoms with Gasteiger partial charge >= 0.3 is 0 Å². The Morgan fingerprint density at radius 1 is 0.741 bits per heavy atom. The summed E-state index contributed by atoms with van der Waals surface area (Å²) in [6.45, 7) is 9.21. The summed E-state index contributed by atoms with van der Waals surface area (Å²) in [5, 5.41) is 0.376. The van der Waals surface area contributed by atoms with E-state index in [0.29, 0.717) is 10.5 Å². The maximum atomic E-state index is 11.9. The number of carbonyl (C=O) groups is 1. The van der Waals surface area contributed by atoms with Gasteiger partial charge in [0, 0.05) is 12.2 Å². The van der Waals surface area contributed by atoms with Gasteiger partial charge in [-0.2, -0.15) is 0 Å². The van der Waals surface area contributed by atoms with Crippen LogP contribution in [0.4, 0.5) is 0 Å². The van der Waals surface area contributed by atoms with Crippen LogP contribution in [0.25, 0.3) is 0 Å². The lowest BCUT2D eigenvalue weighted by Gasteiger charge is -2.17. The molecule has 0 amide bonds. The van der Waals surface area contributed by atoms with Gasteiger partial charge in [0.05, 0.1) is 0 Å². The van der Waals surface area contributed by atoms with Crippen molar-refractivity contribution in [2.75, 3.05) is 5.75 Å². The van der Waals surface area contributed by atoms with Crippen LogP contribution >= 0.6 is 11.8 Å². The van der Waals surface area contributed by atoms with Crippen LogP contribution in [0.2, 0.25) is 0 Å². The Bertz CT molecular complexity index is 354. The van der Waals surface area contributed by atoms with Crippen molar-refractivity contribution in [1.82, 2.24) is 0 Å². The largest absolute Gasteiger partial charge is 0.287 e. The summed E-state index contributed by atoms with van der Waals surface area (Å²) in [5.41, 5.74) is 0.467. The molecule has 0 saturated carbocycles. The normalized spacial score (nSPS) is 12.1. The third-order valence-electron chi connectivity index (χ3n) is 5.04. The predicted octanol–water partition coefficient (Wildman–Crippen LogP) is 9.11. The highest BCUT2D eigenvalue weighted by Gasteiger charge is 2.08. The fourth-order valence-corrected chi connectivity index (χ4v) is 3.96. The maximum absolute atomic E-state index is 11.9. The van der Waals surface area contributed by atoms with E-state index < -0.39 is 0 Å². The lowest BCUT2D eigenvalue weighted by molar-refractivity contribution is -0.111. The van der Waals surface area contributed by atoms with Gasteiger partial charge in [-0.15, -0.1) is 0 Å². The Morgan fingerprint density at radius 3 is 1.93 bits per heavy atom. The van der Waals surface area contributed by atoms with Gasteiger partial charge in [0.15, 0.2) is 5.12 Å². The molecular weight excluding hydrogens is 348 g/mol. The van der Waals surface area contributed by atoms with E-state index in [1.54, 1.807) is 0 Å². The minimum atomic E-state index is 0.376. The van der Waals surface area contributed by atoms with Crippen molar-refractivity contribution in [1.29, 1.82) is 0 Å². The minimum absolute atomic E-state index is 0.376. The summed E-state index contributed by atoms with van der Waals surface area (Å²) >= 11 is 1.50. The Balaban J connectivity index is 3.30. The molecule has 1 nitrogen and oxygen atoms in total. The van der Waals surface area contributed by atoms with Crippen LogP contribution in [0.1, 0.15) is 130 Å². The van der Waals surface area contributed by atoms with Crippen molar-refractivity contribution in [3.8, 4) is 0 Å². The molecule has 0 aromatic rings. The fraction of sp³-hybridized carbons (Fsp3) is 0.880. The average Bonchev–Trinajstić information content (AvgIpc) is 2.61. The fourth-order valence-electron chi connectivity index (χ4n) is 3.25. The van der Waals surface area contributed by atoms with E-state index in [-0.39, 0.29) is 0 Å². The van der Waals surface area contributed by atoms with Gasteiger partial charge in [0.1, 0.15) is 0 Å². The van der Waals surface area contributed by atoms with E-state index >= 15 is 0 Å². The van der Waals surface area contributed by atoms with Gasteiger partial charge < -0.3 is 0 Å². The topological polar surface area (TPSA) is 17.1 Å². The van der Waals surface area contributed by atoms with Gasteiger partial charge in [-0.25, -0.2) is 0 Å². The van der Waals surface area contributed by atoms with E-state index in [1.165, 1.54) is 102 Å². The molecular formula is C25H48OS. The van der Waals surface area contributed by atoms with Crippen LogP contribution in [0.15, 0.2) is 12.2 Å². The van der Waals surface area contributed by atoms with Crippen molar-refractivity contribution >= 4 is 16.9 Å². The highest BCUT2D eigenvalue weighted by atomic mass is 32.2. The van der Waals surface area contributed by atoms with Crippen molar-refractivity contribution in [2.45, 2.75) is 130 Å². The highest BCUT2D eigenvalue weighted by molar-refractivity contribution is 8.13. The predicted molar refractivity (Wildman–Crippen MR) is 126 cm³/mol. The maximum Gasteiger partial charge on any atom is 0.189 e. The number of hydrogen-bond acceptors (Lipinski definition) is 2. The molecule has 0 saturated heterocycles. The molecule has 0 aliphatic heterocycles. The number of thioether (sulfide) groups is 1. The molecule has 160 valence electrons. The number of rotatable bonds is 18. The van der Waals surface area contributed by atoms with E-state index in [1.807, 2.05) is 0 Å². The lowest BCUT2D eigenvalue weighted by atomic mass is 9.89. The van der Waals surface area contributed by atoms with Crippen molar-refractivity contribution in [3.05, 3.63) is 12.2 Å². The zero-order valence-electron chi connectivity index (χ0n) is 19.0. The zero-order chi connectivity index (χ0) is 20.2. The van der Waals surface area contributed by atoms with Crippen LogP contribution in [0.5, 0.6) is 0 Å². The second kappa shape index (κ2) is 19.1. The number of unbranched alkanes of at least 4 members (excludes halogenated alkanes) is 12. The summed E-state index contributed by atoms with van der Waals surface area (Å²) in [6, 6.07) is 0. The van der Waals surface area contributed by atoms with Crippen molar-refractivity contribution in [2.24, 2.45) is 5.41 Å². The Morgan fingerprint density at radius 2 is 1.30 bits per heavy atom. The van der Waals surface area contributed by atoms with Crippen LogP contribution < -0.4 is 0 Å². The monoisotopic (exact) mass is 396 g/mol. The Labute approximate surface area is 175 Å². The Kier molecular flexibility index (Phi) is 18.9. The van der Waals surface area contributed by atoms with Crippen LogP contribution in [-0.2, 0) is 4.79 Å². The molecule has 27 heavy (non-hydrogen) atoms. The van der Waals surface area contributed by atoms with Crippen molar-refractivity contribution in [3.63, 3.8) is 0 Å². The summed E-state index contributed by atoms with van der Waals surface area (Å²) < 4.78 is 0. The van der Waals surface area contributed by atoms with Gasteiger partial charge in [-0.3, -0.25) is 4.79 Å². The molecule has 0 aliphatic carbocycles. The number of allylic oxidation sites excluding steroid dienone is 1. The van der Waals surface area contributed by atoms with E-state index in [9.17, 15) is 4.79 Å². The first-order valence-electron chi connectivity index (χ1n) is 11.8. The summed E-state index contributed by atoms with van der Waals surface area (Å²) in [5.74, 6) is 0.863. The van der Waals surface area contributed by atoms with Gasteiger partial charge in [-0.05, 0) is 31.1 Å². The quantitative estimate of drug-likeness (QED) is 0.170. The molecule has 2 heteroatoms. The van der Waals surface area contributed by atoms with E-state index in [0.717, 1.165) is 18.6 Å². The minimum Gasteiger partial charge on any atom is -0.287 e. The van der Waals surface area contributed by atoms with Gasteiger partial charge in [0.2, 0.25) is 0 Å². The molecule has 0 rings (SSSR count). The summed E-state index contributed by atoms with van der Waals surface area (Å²) in [7, 11) is 0. The molecule has 0 aromatic heterocycles. The molecule has 0 spiro atoms. The number of hydrogen-bond donors (Lipinski definition) is 0. The molecule has 0 unspecified atom stereocenters. The van der Waals surface area contributed by atoms with Gasteiger partial charge in [-0.1, -0.05) is 122 Å². The summed E-state index contributed by atoms with van der Waals surface area (Å²) in [6.07, 6.45) is 25.0. The highest BCUT2D eigenvalue weighted by Crippen LogP contribution is 2.22. The average molecular weight is 397 g/mol. The van der Waals surface area contributed by atoms with Gasteiger partial charge in [0.25, 0.3) is 0 Å². The first-order valence-corrected chi connectivity index (χ1v) is 12.7.